The molecule has 1 atom stereocenters. The molecular formula is C23H23BrClN3O4. The van der Waals surface area contributed by atoms with Crippen molar-refractivity contribution in [2.24, 2.45) is 11.0 Å². The van der Waals surface area contributed by atoms with Gasteiger partial charge in [-0.25, -0.2) is 5.43 Å². The van der Waals surface area contributed by atoms with Gasteiger partial charge in [-0.15, -0.1) is 6.42 Å². The molecule has 0 spiro atoms. The normalized spacial score (nSPS) is 11.7. The van der Waals surface area contributed by atoms with Gasteiger partial charge in [0.15, 0.2) is 11.5 Å². The number of methoxy groups -OCH3 is 1. The van der Waals surface area contributed by atoms with Crippen LogP contribution >= 0.6 is 27.5 Å². The number of amides is 2. The van der Waals surface area contributed by atoms with Crippen LogP contribution in [0.2, 0.25) is 5.02 Å². The van der Waals surface area contributed by atoms with E-state index >= 15 is 0 Å². The largest absolute Gasteiger partial charge is 0.493 e. The van der Waals surface area contributed by atoms with Crippen molar-refractivity contribution in [1.82, 2.24) is 10.7 Å². The molecule has 0 saturated carbocycles. The number of ether oxygens (including phenoxy) is 2. The first-order valence-electron chi connectivity index (χ1n) is 9.60. The molecule has 9 heteroatoms. The van der Waals surface area contributed by atoms with E-state index in [1.54, 1.807) is 36.4 Å². The minimum Gasteiger partial charge on any atom is -0.493 e. The highest BCUT2D eigenvalue weighted by Crippen LogP contribution is 2.36. The van der Waals surface area contributed by atoms with Gasteiger partial charge in [-0.2, -0.15) is 5.10 Å². The van der Waals surface area contributed by atoms with E-state index < -0.39 is 11.9 Å². The summed E-state index contributed by atoms with van der Waals surface area (Å²) in [5, 5.41) is 7.25. The third-order valence-electron chi connectivity index (χ3n) is 4.28. The number of hydrogen-bond donors (Lipinski definition) is 2. The molecule has 7 nitrogen and oxygen atoms in total. The molecule has 2 rings (SSSR count). The zero-order valence-electron chi connectivity index (χ0n) is 17.8. The topological polar surface area (TPSA) is 89.0 Å². The number of nitrogens with one attached hydrogen (secondary N) is 2. The number of nitrogens with zero attached hydrogens (tertiary/aromatic N) is 1. The van der Waals surface area contributed by atoms with E-state index in [9.17, 15) is 9.59 Å². The molecule has 0 aliphatic heterocycles. The van der Waals surface area contributed by atoms with Gasteiger partial charge in [-0.1, -0.05) is 31.4 Å². The van der Waals surface area contributed by atoms with Crippen molar-refractivity contribution >= 4 is 45.6 Å². The van der Waals surface area contributed by atoms with Crippen LogP contribution < -0.4 is 20.2 Å². The molecule has 168 valence electrons. The van der Waals surface area contributed by atoms with Crippen molar-refractivity contribution in [1.29, 1.82) is 0 Å². The second kappa shape index (κ2) is 12.1. The van der Waals surface area contributed by atoms with Gasteiger partial charge in [-0.05, 0) is 63.8 Å². The molecule has 32 heavy (non-hydrogen) atoms. The van der Waals surface area contributed by atoms with Crippen molar-refractivity contribution in [3.05, 3.63) is 57.0 Å². The monoisotopic (exact) mass is 519 g/mol. The van der Waals surface area contributed by atoms with Crippen LogP contribution in [0.1, 0.15) is 29.8 Å². The molecule has 0 heterocycles. The van der Waals surface area contributed by atoms with E-state index in [0.717, 1.165) is 0 Å². The summed E-state index contributed by atoms with van der Waals surface area (Å²) in [6.07, 6.45) is 6.69. The molecule has 2 amide bonds. The maximum Gasteiger partial charge on any atom is 0.262 e. The third kappa shape index (κ3) is 7.01. The Morgan fingerprint density at radius 1 is 1.28 bits per heavy atom. The highest BCUT2D eigenvalue weighted by Gasteiger charge is 2.24. The van der Waals surface area contributed by atoms with Crippen molar-refractivity contribution < 1.29 is 19.1 Å². The Morgan fingerprint density at radius 3 is 2.56 bits per heavy atom. The fourth-order valence-corrected chi connectivity index (χ4v) is 3.37. The molecule has 2 N–H and O–H groups in total. The summed E-state index contributed by atoms with van der Waals surface area (Å²) in [4.78, 5) is 25.1. The molecule has 2 aromatic rings. The fraction of sp³-hybridized carbons (Fsp3) is 0.261. The minimum absolute atomic E-state index is 0.0940. The van der Waals surface area contributed by atoms with E-state index in [4.69, 9.17) is 27.5 Å². The smallest absolute Gasteiger partial charge is 0.262 e. The quantitative estimate of drug-likeness (QED) is 0.297. The summed E-state index contributed by atoms with van der Waals surface area (Å²) in [6, 6.07) is 9.05. The SMILES string of the molecule is C#CCOc1c(Br)cc(C=NNC(=O)C(NC(=O)c2ccc(Cl)cc2)C(C)C)cc1OC. The molecule has 1 unspecified atom stereocenters. The van der Waals surface area contributed by atoms with E-state index in [1.807, 2.05) is 13.8 Å². The molecule has 2 aromatic carbocycles. The Morgan fingerprint density at radius 2 is 1.97 bits per heavy atom. The Bertz CT molecular complexity index is 1030. The molecular weight excluding hydrogens is 498 g/mol. The maximum absolute atomic E-state index is 12.6. The predicted octanol–water partition coefficient (Wildman–Crippen LogP) is 4.03. The van der Waals surface area contributed by atoms with Gasteiger partial charge >= 0.3 is 0 Å². The van der Waals surface area contributed by atoms with E-state index in [-0.39, 0.29) is 18.4 Å². The first-order valence-corrected chi connectivity index (χ1v) is 10.8. The van der Waals surface area contributed by atoms with Gasteiger partial charge in [0.2, 0.25) is 0 Å². The lowest BCUT2D eigenvalue weighted by atomic mass is 10.0. The van der Waals surface area contributed by atoms with Crippen LogP contribution in [-0.4, -0.2) is 37.8 Å². The molecule has 0 radical (unpaired) electrons. The first kappa shape index (κ1) is 25.2. The second-order valence-corrected chi connectivity index (χ2v) is 8.25. The number of halogens is 2. The summed E-state index contributed by atoms with van der Waals surface area (Å²) in [6.45, 7) is 3.75. The molecule has 0 bridgehead atoms. The first-order chi connectivity index (χ1) is 15.3. The number of carbonyl (C=O) groups excluding carboxylic acids is 2. The Kier molecular flexibility index (Phi) is 9.57. The maximum atomic E-state index is 12.6. The average molecular weight is 521 g/mol. The lowest BCUT2D eigenvalue weighted by Gasteiger charge is -2.20. The highest BCUT2D eigenvalue weighted by atomic mass is 79.9. The van der Waals surface area contributed by atoms with Crippen LogP contribution in [0.3, 0.4) is 0 Å². The predicted molar refractivity (Wildman–Crippen MR) is 128 cm³/mol. The summed E-state index contributed by atoms with van der Waals surface area (Å²) in [7, 11) is 1.50. The molecule has 0 fully saturated rings. The van der Waals surface area contributed by atoms with Crippen LogP contribution in [0.25, 0.3) is 0 Å². The summed E-state index contributed by atoms with van der Waals surface area (Å²) >= 11 is 9.26. The number of hydrazone groups is 1. The van der Waals surface area contributed by atoms with Crippen molar-refractivity contribution in [3.8, 4) is 23.8 Å². The van der Waals surface area contributed by atoms with Crippen molar-refractivity contribution in [2.45, 2.75) is 19.9 Å². The molecule has 0 saturated heterocycles. The van der Waals surface area contributed by atoms with Gasteiger partial charge in [0.1, 0.15) is 12.6 Å². The average Bonchev–Trinajstić information content (AvgIpc) is 2.76. The number of rotatable bonds is 9. The lowest BCUT2D eigenvalue weighted by Crippen LogP contribution is -2.48. The minimum atomic E-state index is -0.781. The highest BCUT2D eigenvalue weighted by molar-refractivity contribution is 9.10. The number of hydrogen-bond acceptors (Lipinski definition) is 5. The standard InChI is InChI=1S/C23H23BrClN3O4/c1-5-10-32-21-18(24)11-15(12-19(21)31-4)13-26-28-23(30)20(14(2)3)27-22(29)16-6-8-17(25)9-7-16/h1,6-9,11-14,20H,10H2,2-4H3,(H,27,29)(H,28,30). The number of carbonyl (C=O) groups is 2. The van der Waals surface area contributed by atoms with Gasteiger partial charge in [0.25, 0.3) is 11.8 Å². The molecule has 0 aromatic heterocycles. The van der Waals surface area contributed by atoms with Crippen LogP contribution in [-0.2, 0) is 4.79 Å². The van der Waals surface area contributed by atoms with Crippen LogP contribution in [0, 0.1) is 18.3 Å². The van der Waals surface area contributed by atoms with Gasteiger partial charge in [0.05, 0.1) is 17.8 Å². The second-order valence-electron chi connectivity index (χ2n) is 6.96. The number of benzene rings is 2. The fourth-order valence-electron chi connectivity index (χ4n) is 2.67. The Hall–Kier alpha value is -3.02. The Labute approximate surface area is 200 Å². The van der Waals surface area contributed by atoms with E-state index in [0.29, 0.717) is 32.1 Å². The van der Waals surface area contributed by atoms with Crippen molar-refractivity contribution in [3.63, 3.8) is 0 Å². The van der Waals surface area contributed by atoms with E-state index in [1.165, 1.54) is 13.3 Å². The summed E-state index contributed by atoms with van der Waals surface area (Å²) in [5.41, 5.74) is 3.51. The molecule has 0 aliphatic rings. The zero-order chi connectivity index (χ0) is 23.7. The Balaban J connectivity index is 2.08. The van der Waals surface area contributed by atoms with Gasteiger partial charge in [0, 0.05) is 10.6 Å². The lowest BCUT2D eigenvalue weighted by molar-refractivity contribution is -0.123. The van der Waals surface area contributed by atoms with E-state index in [2.05, 4.69) is 37.7 Å². The summed E-state index contributed by atoms with van der Waals surface area (Å²) in [5.74, 6) is 2.33. The zero-order valence-corrected chi connectivity index (χ0v) is 20.2. The third-order valence-corrected chi connectivity index (χ3v) is 5.12. The van der Waals surface area contributed by atoms with Crippen LogP contribution in [0.15, 0.2) is 46.0 Å². The number of terminal acetylenes is 1. The van der Waals surface area contributed by atoms with Gasteiger partial charge in [-0.3, -0.25) is 9.59 Å². The van der Waals surface area contributed by atoms with Crippen molar-refractivity contribution in [2.75, 3.05) is 13.7 Å². The van der Waals surface area contributed by atoms with Gasteiger partial charge < -0.3 is 14.8 Å². The summed E-state index contributed by atoms with van der Waals surface area (Å²) < 4.78 is 11.4. The van der Waals surface area contributed by atoms with Crippen LogP contribution in [0.5, 0.6) is 11.5 Å². The van der Waals surface area contributed by atoms with Crippen LogP contribution in [0.4, 0.5) is 0 Å². The molecule has 0 aliphatic carbocycles.